The van der Waals surface area contributed by atoms with E-state index < -0.39 is 28.5 Å². The van der Waals surface area contributed by atoms with Crippen LogP contribution in [0.4, 0.5) is 5.69 Å². The number of hydrogen-bond acceptors (Lipinski definition) is 4. The highest BCUT2D eigenvalue weighted by Gasteiger charge is 2.33. The van der Waals surface area contributed by atoms with Crippen LogP contribution >= 0.6 is 11.6 Å². The summed E-state index contributed by atoms with van der Waals surface area (Å²) < 4.78 is 28.5. The second-order valence-corrected chi connectivity index (χ2v) is 11.1. The van der Waals surface area contributed by atoms with Crippen LogP contribution in [-0.2, 0) is 26.2 Å². The van der Waals surface area contributed by atoms with Crippen molar-refractivity contribution in [2.24, 2.45) is 0 Å². The van der Waals surface area contributed by atoms with E-state index in [4.69, 9.17) is 11.6 Å². The van der Waals surface area contributed by atoms with E-state index in [1.54, 1.807) is 30.3 Å². The second kappa shape index (κ2) is 12.3. The molecule has 3 rings (SSSR count). The molecule has 0 radical (unpaired) electrons. The Morgan fingerprint density at radius 2 is 1.62 bits per heavy atom. The van der Waals surface area contributed by atoms with Gasteiger partial charge in [0.25, 0.3) is 10.0 Å². The van der Waals surface area contributed by atoms with Gasteiger partial charge in [0.05, 0.1) is 10.6 Å². The third-order valence-electron chi connectivity index (χ3n) is 6.16. The molecule has 0 aliphatic heterocycles. The summed E-state index contributed by atoms with van der Waals surface area (Å²) >= 11 is 6.34. The summed E-state index contributed by atoms with van der Waals surface area (Å²) in [6.07, 6.45) is 0.360. The summed E-state index contributed by atoms with van der Waals surface area (Å²) in [6.45, 7) is 5.24. The van der Waals surface area contributed by atoms with Gasteiger partial charge < -0.3 is 10.2 Å². The van der Waals surface area contributed by atoms with Gasteiger partial charge in [0.15, 0.2) is 0 Å². The van der Waals surface area contributed by atoms with Crippen molar-refractivity contribution in [3.05, 3.63) is 94.5 Å². The van der Waals surface area contributed by atoms with Gasteiger partial charge in [0.1, 0.15) is 12.6 Å². The number of amides is 2. The van der Waals surface area contributed by atoms with Crippen LogP contribution in [0.3, 0.4) is 0 Å². The summed E-state index contributed by atoms with van der Waals surface area (Å²) in [5.41, 5.74) is 2.94. The third kappa shape index (κ3) is 6.70. The first kappa shape index (κ1) is 28.2. The molecular weight excluding hydrogens is 510 g/mol. The Balaban J connectivity index is 2.06. The Hall–Kier alpha value is -3.36. The zero-order valence-electron chi connectivity index (χ0n) is 21.4. The van der Waals surface area contributed by atoms with Crippen LogP contribution in [0.5, 0.6) is 0 Å². The fraction of sp³-hybridized carbons (Fsp3) is 0.286. The highest BCUT2D eigenvalue weighted by atomic mass is 35.5. The minimum atomic E-state index is -4.12. The first-order valence-corrected chi connectivity index (χ1v) is 13.8. The number of nitrogens with one attached hydrogen (secondary N) is 1. The van der Waals surface area contributed by atoms with Gasteiger partial charge in [-0.05, 0) is 55.7 Å². The third-order valence-corrected chi connectivity index (χ3v) is 8.35. The van der Waals surface area contributed by atoms with Crippen molar-refractivity contribution in [2.75, 3.05) is 17.9 Å². The van der Waals surface area contributed by atoms with Crippen molar-refractivity contribution < 1.29 is 18.0 Å². The number of anilines is 1. The zero-order chi connectivity index (χ0) is 27.2. The smallest absolute Gasteiger partial charge is 0.264 e. The number of halogens is 1. The minimum absolute atomic E-state index is 0.0444. The maximum Gasteiger partial charge on any atom is 0.264 e. The van der Waals surface area contributed by atoms with Crippen LogP contribution in [-0.4, -0.2) is 44.8 Å². The fourth-order valence-electron chi connectivity index (χ4n) is 3.96. The molecule has 0 heterocycles. The van der Waals surface area contributed by atoms with Gasteiger partial charge in [-0.1, -0.05) is 72.6 Å². The molecule has 0 fully saturated rings. The molecule has 0 unspecified atom stereocenters. The number of benzene rings is 3. The molecule has 9 heteroatoms. The summed E-state index contributed by atoms with van der Waals surface area (Å²) in [6, 6.07) is 19.6. The van der Waals surface area contributed by atoms with Crippen LogP contribution < -0.4 is 9.62 Å². The predicted molar refractivity (Wildman–Crippen MR) is 147 cm³/mol. The number of sulfonamides is 1. The van der Waals surface area contributed by atoms with E-state index >= 15 is 0 Å². The molecule has 7 nitrogen and oxygen atoms in total. The summed E-state index contributed by atoms with van der Waals surface area (Å²) in [5, 5.41) is 3.00. The van der Waals surface area contributed by atoms with Gasteiger partial charge in [-0.25, -0.2) is 8.42 Å². The van der Waals surface area contributed by atoms with Crippen molar-refractivity contribution in [3.8, 4) is 0 Å². The van der Waals surface area contributed by atoms with E-state index in [1.165, 1.54) is 30.1 Å². The van der Waals surface area contributed by atoms with Crippen molar-refractivity contribution in [1.29, 1.82) is 0 Å². The maximum absolute atomic E-state index is 13.9. The van der Waals surface area contributed by atoms with Crippen molar-refractivity contribution in [2.45, 2.75) is 44.7 Å². The molecule has 0 aromatic heterocycles. The Morgan fingerprint density at radius 3 is 2.19 bits per heavy atom. The van der Waals surface area contributed by atoms with E-state index in [-0.39, 0.29) is 23.0 Å². The number of rotatable bonds is 10. The summed E-state index contributed by atoms with van der Waals surface area (Å²) in [7, 11) is -2.61. The molecule has 37 heavy (non-hydrogen) atoms. The Bertz CT molecular complexity index is 1350. The van der Waals surface area contributed by atoms with E-state index in [0.717, 1.165) is 21.0 Å². The zero-order valence-corrected chi connectivity index (χ0v) is 23.0. The molecule has 3 aromatic rings. The Morgan fingerprint density at radius 1 is 0.973 bits per heavy atom. The molecule has 196 valence electrons. The van der Waals surface area contributed by atoms with Crippen molar-refractivity contribution >= 4 is 39.1 Å². The predicted octanol–water partition coefficient (Wildman–Crippen LogP) is 4.71. The Labute approximate surface area is 224 Å². The Kier molecular flexibility index (Phi) is 9.34. The number of likely N-dealkylation sites (N-methyl/N-ethyl adjacent to an activating group) is 1. The molecule has 0 saturated carbocycles. The SMILES string of the molecule is CC[C@H](C(=O)NC)N(Cc1ccc(C)cc1)C(=O)CN(c1ccc(C)c(Cl)c1)S(=O)(=O)c1ccccc1. The van der Waals surface area contributed by atoms with Gasteiger partial charge in [-0.2, -0.15) is 0 Å². The van der Waals surface area contributed by atoms with E-state index in [2.05, 4.69) is 5.32 Å². The number of carbonyl (C=O) groups excluding carboxylic acids is 2. The lowest BCUT2D eigenvalue weighted by Gasteiger charge is -2.33. The lowest BCUT2D eigenvalue weighted by Crippen LogP contribution is -2.51. The second-order valence-electron chi connectivity index (χ2n) is 8.80. The highest BCUT2D eigenvalue weighted by molar-refractivity contribution is 7.92. The normalized spacial score (nSPS) is 12.0. The fourth-order valence-corrected chi connectivity index (χ4v) is 5.56. The van der Waals surface area contributed by atoms with Gasteiger partial charge in [0.2, 0.25) is 11.8 Å². The first-order valence-electron chi connectivity index (χ1n) is 12.0. The van der Waals surface area contributed by atoms with Crippen molar-refractivity contribution in [3.63, 3.8) is 0 Å². The minimum Gasteiger partial charge on any atom is -0.357 e. The molecule has 0 bridgehead atoms. The largest absolute Gasteiger partial charge is 0.357 e. The number of hydrogen-bond donors (Lipinski definition) is 1. The lowest BCUT2D eigenvalue weighted by atomic mass is 10.1. The molecular formula is C28H32ClN3O4S. The first-order chi connectivity index (χ1) is 17.6. The van der Waals surface area contributed by atoms with E-state index in [1.807, 2.05) is 45.0 Å². The standard InChI is InChI=1S/C28H32ClN3O4S/c1-5-26(28(34)30-4)31(18-22-14-11-20(2)12-15-22)27(33)19-32(23-16-13-21(3)25(29)17-23)37(35,36)24-9-7-6-8-10-24/h6-17,26H,5,18-19H2,1-4H3,(H,30,34)/t26-/m1/s1. The maximum atomic E-state index is 13.9. The monoisotopic (exact) mass is 541 g/mol. The number of aryl methyl sites for hydroxylation is 2. The average molecular weight is 542 g/mol. The number of carbonyl (C=O) groups is 2. The van der Waals surface area contributed by atoms with Crippen LogP contribution in [0, 0.1) is 13.8 Å². The van der Waals surface area contributed by atoms with Crippen LogP contribution in [0.25, 0.3) is 0 Å². The molecule has 0 aliphatic carbocycles. The molecule has 2 amide bonds. The molecule has 1 N–H and O–H groups in total. The van der Waals surface area contributed by atoms with Gasteiger partial charge in [-0.15, -0.1) is 0 Å². The van der Waals surface area contributed by atoms with Crippen LogP contribution in [0.1, 0.15) is 30.0 Å². The topological polar surface area (TPSA) is 86.8 Å². The molecule has 0 aliphatic rings. The molecule has 0 spiro atoms. The quantitative estimate of drug-likeness (QED) is 0.403. The van der Waals surface area contributed by atoms with E-state index in [9.17, 15) is 18.0 Å². The average Bonchev–Trinajstić information content (AvgIpc) is 2.90. The molecule has 3 aromatic carbocycles. The lowest BCUT2D eigenvalue weighted by molar-refractivity contribution is -0.140. The van der Waals surface area contributed by atoms with Crippen molar-refractivity contribution in [1.82, 2.24) is 10.2 Å². The molecule has 1 atom stereocenters. The van der Waals surface area contributed by atoms with Crippen LogP contribution in [0.15, 0.2) is 77.7 Å². The highest BCUT2D eigenvalue weighted by Crippen LogP contribution is 2.28. The van der Waals surface area contributed by atoms with Gasteiger partial charge >= 0.3 is 0 Å². The summed E-state index contributed by atoms with van der Waals surface area (Å²) in [4.78, 5) is 28.1. The summed E-state index contributed by atoms with van der Waals surface area (Å²) in [5.74, 6) is -0.828. The van der Waals surface area contributed by atoms with Crippen LogP contribution in [0.2, 0.25) is 5.02 Å². The molecule has 0 saturated heterocycles. The van der Waals surface area contributed by atoms with E-state index in [0.29, 0.717) is 11.4 Å². The van der Waals surface area contributed by atoms with Gasteiger partial charge in [0, 0.05) is 18.6 Å². The van der Waals surface area contributed by atoms with Gasteiger partial charge in [-0.3, -0.25) is 13.9 Å². The number of nitrogens with zero attached hydrogens (tertiary/aromatic N) is 2.